The summed E-state index contributed by atoms with van der Waals surface area (Å²) in [5, 5.41) is 7.55. The SMILES string of the molecule is Cc1nn(-c2ccccc2)cc1CCCNC(=O)CCc1c(C)nc(N2CCOCC2)[nH]c1=O. The van der Waals surface area contributed by atoms with Crippen molar-refractivity contribution in [3.63, 3.8) is 0 Å². The van der Waals surface area contributed by atoms with Crippen LogP contribution in [0.3, 0.4) is 0 Å². The summed E-state index contributed by atoms with van der Waals surface area (Å²) in [5.74, 6) is 0.512. The lowest BCUT2D eigenvalue weighted by molar-refractivity contribution is -0.121. The number of nitrogens with one attached hydrogen (secondary N) is 2. The van der Waals surface area contributed by atoms with Crippen LogP contribution in [0.5, 0.6) is 0 Å². The smallest absolute Gasteiger partial charge is 0.255 e. The molecular weight excluding hydrogens is 432 g/mol. The van der Waals surface area contributed by atoms with Crippen molar-refractivity contribution in [3.8, 4) is 5.69 Å². The molecule has 1 aliphatic heterocycles. The standard InChI is InChI=1S/C25H32N6O3/c1-18-20(17-31(29-18)21-8-4-3-5-9-21)7-6-12-26-23(32)11-10-22-19(2)27-25(28-24(22)33)30-13-15-34-16-14-30/h3-5,8-9,17H,6-7,10-16H2,1-2H3,(H,26,32)(H,27,28,33). The van der Waals surface area contributed by atoms with Gasteiger partial charge in [-0.05, 0) is 50.8 Å². The zero-order chi connectivity index (χ0) is 23.9. The lowest BCUT2D eigenvalue weighted by Gasteiger charge is -2.27. The summed E-state index contributed by atoms with van der Waals surface area (Å²) in [6, 6.07) is 10.0. The van der Waals surface area contributed by atoms with Crippen molar-refractivity contribution >= 4 is 11.9 Å². The van der Waals surface area contributed by atoms with Crippen molar-refractivity contribution in [3.05, 3.63) is 69.4 Å². The molecule has 0 radical (unpaired) electrons. The van der Waals surface area contributed by atoms with Gasteiger partial charge in [0.05, 0.1) is 24.6 Å². The lowest BCUT2D eigenvalue weighted by Crippen LogP contribution is -2.38. The Hall–Kier alpha value is -3.46. The van der Waals surface area contributed by atoms with Crippen LogP contribution < -0.4 is 15.8 Å². The summed E-state index contributed by atoms with van der Waals surface area (Å²) in [6.07, 6.45) is 4.34. The Balaban J connectivity index is 1.23. The van der Waals surface area contributed by atoms with Gasteiger partial charge in [-0.3, -0.25) is 14.6 Å². The number of carbonyl (C=O) groups excluding carboxylic acids is 1. The van der Waals surface area contributed by atoms with E-state index in [2.05, 4.69) is 26.6 Å². The maximum absolute atomic E-state index is 12.6. The third-order valence-corrected chi connectivity index (χ3v) is 6.09. The number of hydrogen-bond acceptors (Lipinski definition) is 6. The molecule has 0 bridgehead atoms. The predicted octanol–water partition coefficient (Wildman–Crippen LogP) is 2.09. The van der Waals surface area contributed by atoms with Gasteiger partial charge in [0, 0.05) is 43.5 Å². The minimum Gasteiger partial charge on any atom is -0.378 e. The third kappa shape index (κ3) is 5.91. The molecule has 3 heterocycles. The number of amides is 1. The molecule has 9 heteroatoms. The average Bonchev–Trinajstić information content (AvgIpc) is 3.22. The van der Waals surface area contributed by atoms with Gasteiger partial charge >= 0.3 is 0 Å². The van der Waals surface area contributed by atoms with E-state index in [1.165, 1.54) is 5.56 Å². The summed E-state index contributed by atoms with van der Waals surface area (Å²) in [7, 11) is 0. The number of para-hydroxylation sites is 1. The Bertz CT molecular complexity index is 1170. The second-order valence-electron chi connectivity index (χ2n) is 8.53. The highest BCUT2D eigenvalue weighted by Gasteiger charge is 2.17. The Morgan fingerprint density at radius 3 is 2.62 bits per heavy atom. The topological polar surface area (TPSA) is 105 Å². The molecule has 0 saturated carbocycles. The van der Waals surface area contributed by atoms with Gasteiger partial charge in [0.2, 0.25) is 11.9 Å². The number of aromatic nitrogens is 4. The lowest BCUT2D eigenvalue weighted by atomic mass is 10.1. The van der Waals surface area contributed by atoms with E-state index in [4.69, 9.17) is 4.74 Å². The van der Waals surface area contributed by atoms with E-state index in [0.717, 1.165) is 24.2 Å². The molecule has 0 unspecified atom stereocenters. The Kier molecular flexibility index (Phi) is 7.74. The van der Waals surface area contributed by atoms with E-state index < -0.39 is 0 Å². The molecule has 34 heavy (non-hydrogen) atoms. The molecule has 1 aliphatic rings. The Morgan fingerprint density at radius 2 is 1.88 bits per heavy atom. The van der Waals surface area contributed by atoms with E-state index in [-0.39, 0.29) is 17.9 Å². The number of morpholine rings is 1. The van der Waals surface area contributed by atoms with Crippen molar-refractivity contribution in [2.75, 3.05) is 37.7 Å². The minimum atomic E-state index is -0.173. The van der Waals surface area contributed by atoms with Crippen molar-refractivity contribution in [2.24, 2.45) is 0 Å². The van der Waals surface area contributed by atoms with Crippen LogP contribution in [0.4, 0.5) is 5.95 Å². The van der Waals surface area contributed by atoms with E-state index in [1.807, 2.05) is 53.8 Å². The summed E-state index contributed by atoms with van der Waals surface area (Å²) in [4.78, 5) is 34.3. The largest absolute Gasteiger partial charge is 0.378 e. The first-order valence-electron chi connectivity index (χ1n) is 11.8. The Labute approximate surface area is 199 Å². The van der Waals surface area contributed by atoms with Crippen LogP contribution in [0.1, 0.15) is 35.4 Å². The fraction of sp³-hybridized carbons (Fsp3) is 0.440. The second kappa shape index (κ2) is 11.1. The summed E-state index contributed by atoms with van der Waals surface area (Å²) in [6.45, 7) is 7.07. The van der Waals surface area contributed by atoms with Gasteiger partial charge in [-0.2, -0.15) is 5.10 Å². The molecule has 4 rings (SSSR count). The van der Waals surface area contributed by atoms with Crippen molar-refractivity contribution in [1.82, 2.24) is 25.1 Å². The molecule has 9 nitrogen and oxygen atoms in total. The van der Waals surface area contributed by atoms with Gasteiger partial charge in [0.1, 0.15) is 0 Å². The minimum absolute atomic E-state index is 0.0623. The maximum atomic E-state index is 12.6. The van der Waals surface area contributed by atoms with Crippen molar-refractivity contribution < 1.29 is 9.53 Å². The van der Waals surface area contributed by atoms with E-state index in [9.17, 15) is 9.59 Å². The molecule has 1 aromatic carbocycles. The zero-order valence-corrected chi connectivity index (χ0v) is 19.8. The van der Waals surface area contributed by atoms with Crippen LogP contribution in [-0.4, -0.2) is 58.5 Å². The molecule has 3 aromatic rings. The first-order chi connectivity index (χ1) is 16.5. The number of aryl methyl sites for hydroxylation is 3. The van der Waals surface area contributed by atoms with Gasteiger partial charge in [0.15, 0.2) is 0 Å². The number of ether oxygens (including phenoxy) is 1. The van der Waals surface area contributed by atoms with E-state index in [1.54, 1.807) is 0 Å². The fourth-order valence-electron chi connectivity index (χ4n) is 4.10. The normalized spacial score (nSPS) is 13.8. The quantitative estimate of drug-likeness (QED) is 0.470. The molecule has 0 atom stereocenters. The molecule has 0 aliphatic carbocycles. The number of hydrogen-bond donors (Lipinski definition) is 2. The van der Waals surface area contributed by atoms with Crippen LogP contribution in [0.2, 0.25) is 0 Å². The number of rotatable bonds is 9. The van der Waals surface area contributed by atoms with E-state index >= 15 is 0 Å². The highest BCUT2D eigenvalue weighted by molar-refractivity contribution is 5.76. The summed E-state index contributed by atoms with van der Waals surface area (Å²) < 4.78 is 7.24. The average molecular weight is 465 g/mol. The third-order valence-electron chi connectivity index (χ3n) is 6.09. The number of carbonyl (C=O) groups is 1. The van der Waals surface area contributed by atoms with Gasteiger partial charge < -0.3 is 15.0 Å². The zero-order valence-electron chi connectivity index (χ0n) is 19.8. The molecule has 0 spiro atoms. The van der Waals surface area contributed by atoms with E-state index in [0.29, 0.717) is 56.5 Å². The van der Waals surface area contributed by atoms with Crippen molar-refractivity contribution in [1.29, 1.82) is 0 Å². The van der Waals surface area contributed by atoms with Gasteiger partial charge in [-0.15, -0.1) is 0 Å². The molecule has 2 aromatic heterocycles. The maximum Gasteiger partial charge on any atom is 0.255 e. The number of nitrogens with zero attached hydrogens (tertiary/aromatic N) is 4. The molecule has 1 fully saturated rings. The number of aromatic amines is 1. The Morgan fingerprint density at radius 1 is 1.12 bits per heavy atom. The van der Waals surface area contributed by atoms with Crippen LogP contribution in [-0.2, 0) is 22.4 Å². The second-order valence-corrected chi connectivity index (χ2v) is 8.53. The fourth-order valence-corrected chi connectivity index (χ4v) is 4.10. The number of H-pyrrole nitrogens is 1. The summed E-state index contributed by atoms with van der Waals surface area (Å²) in [5.41, 5.74) is 4.26. The predicted molar refractivity (Wildman–Crippen MR) is 131 cm³/mol. The van der Waals surface area contributed by atoms with Gasteiger partial charge in [-0.1, -0.05) is 18.2 Å². The first kappa shape index (κ1) is 23.7. The highest BCUT2D eigenvalue weighted by atomic mass is 16.5. The highest BCUT2D eigenvalue weighted by Crippen LogP contribution is 2.14. The monoisotopic (exact) mass is 464 g/mol. The van der Waals surface area contributed by atoms with Gasteiger partial charge in [0.25, 0.3) is 5.56 Å². The van der Waals surface area contributed by atoms with Crippen molar-refractivity contribution in [2.45, 2.75) is 39.5 Å². The van der Waals surface area contributed by atoms with Crippen LogP contribution in [0, 0.1) is 13.8 Å². The van der Waals surface area contributed by atoms with Crippen LogP contribution >= 0.6 is 0 Å². The molecule has 1 saturated heterocycles. The number of anilines is 1. The molecule has 1 amide bonds. The summed E-state index contributed by atoms with van der Waals surface area (Å²) >= 11 is 0. The molecular formula is C25H32N6O3. The van der Waals surface area contributed by atoms with Gasteiger partial charge in [-0.25, -0.2) is 9.67 Å². The first-order valence-corrected chi connectivity index (χ1v) is 11.8. The number of benzene rings is 1. The molecule has 2 N–H and O–H groups in total. The van der Waals surface area contributed by atoms with Crippen LogP contribution in [0.15, 0.2) is 41.3 Å². The molecule has 180 valence electrons. The van der Waals surface area contributed by atoms with Crippen LogP contribution in [0.25, 0.3) is 5.69 Å².